The Balaban J connectivity index is 2.19. The number of amides is 1. The summed E-state index contributed by atoms with van der Waals surface area (Å²) in [5.41, 5.74) is 1.97. The van der Waals surface area contributed by atoms with E-state index in [-0.39, 0.29) is 6.54 Å². The molecule has 0 unspecified atom stereocenters. The quantitative estimate of drug-likeness (QED) is 0.446. The maximum Gasteiger partial charge on any atom is 0.421 e. The van der Waals surface area contributed by atoms with E-state index in [1.165, 1.54) is 0 Å². The fourth-order valence-corrected chi connectivity index (χ4v) is 1.87. The minimum absolute atomic E-state index is 0.245. The molecule has 0 aliphatic carbocycles. The molecule has 0 saturated carbocycles. The zero-order chi connectivity index (χ0) is 12.4. The van der Waals surface area contributed by atoms with E-state index in [0.29, 0.717) is 11.4 Å². The Bertz CT molecular complexity index is 553. The van der Waals surface area contributed by atoms with Crippen LogP contribution in [0.25, 0.3) is 10.9 Å². The number of nitrogens with two attached hydrogens (primary N) is 1. The number of nitrogens with one attached hydrogen (secondary N) is 1. The highest BCUT2D eigenvalue weighted by Gasteiger charge is 2.09. The molecule has 1 amide bonds. The van der Waals surface area contributed by atoms with Crippen LogP contribution in [0.1, 0.15) is 5.56 Å². The lowest BCUT2D eigenvalue weighted by Crippen LogP contribution is -2.37. The molecule has 0 fully saturated rings. The third kappa shape index (κ3) is 2.51. The number of carboxylic acid groups (broad SMARTS) is 1. The fraction of sp³-hybridized carbons (Fsp3) is 0.182. The van der Waals surface area contributed by atoms with Crippen LogP contribution in [0.15, 0.2) is 24.4 Å². The summed E-state index contributed by atoms with van der Waals surface area (Å²) in [4.78, 5) is 13.7. The summed E-state index contributed by atoms with van der Waals surface area (Å²) in [5.74, 6) is 5.30. The first-order valence-corrected chi connectivity index (χ1v) is 5.46. The van der Waals surface area contributed by atoms with Gasteiger partial charge in [-0.1, -0.05) is 11.6 Å². The highest BCUT2D eigenvalue weighted by Crippen LogP contribution is 2.22. The maximum absolute atomic E-state index is 10.5. The van der Waals surface area contributed by atoms with E-state index in [2.05, 4.69) is 4.98 Å². The summed E-state index contributed by atoms with van der Waals surface area (Å²) in [5, 5.41) is 11.1. The molecule has 0 atom stereocenters. The van der Waals surface area contributed by atoms with Gasteiger partial charge in [0.1, 0.15) is 0 Å². The molecule has 90 valence electrons. The molecule has 1 aromatic heterocycles. The Kier molecular flexibility index (Phi) is 3.21. The first kappa shape index (κ1) is 11.8. The number of hydrogen-bond acceptors (Lipinski definition) is 2. The van der Waals surface area contributed by atoms with E-state index in [9.17, 15) is 4.79 Å². The number of carbonyl (C=O) groups is 1. The lowest BCUT2D eigenvalue weighted by atomic mass is 10.1. The molecular weight excluding hydrogens is 242 g/mol. The van der Waals surface area contributed by atoms with Crippen molar-refractivity contribution in [3.63, 3.8) is 0 Å². The Morgan fingerprint density at radius 1 is 1.53 bits per heavy atom. The number of rotatable bonds is 3. The zero-order valence-electron chi connectivity index (χ0n) is 8.98. The summed E-state index contributed by atoms with van der Waals surface area (Å²) in [6.07, 6.45) is 1.25. The van der Waals surface area contributed by atoms with Crippen LogP contribution in [0.4, 0.5) is 4.79 Å². The number of hydrogen-bond donors (Lipinski definition) is 3. The van der Waals surface area contributed by atoms with Gasteiger partial charge in [-0.3, -0.25) is 0 Å². The standard InChI is InChI=1S/C11H12ClN3O2/c12-8-1-2-10-9(5-8)7(6-14-10)3-4-15(13)11(16)17/h1-2,5-6,14H,3-4,13H2,(H,16,17). The normalized spacial score (nSPS) is 10.7. The van der Waals surface area contributed by atoms with Crippen molar-refractivity contribution in [3.8, 4) is 0 Å². The van der Waals surface area contributed by atoms with E-state index in [1.54, 1.807) is 6.07 Å². The second-order valence-electron chi connectivity index (χ2n) is 3.73. The van der Waals surface area contributed by atoms with Crippen molar-refractivity contribution >= 4 is 28.6 Å². The van der Waals surface area contributed by atoms with Crippen LogP contribution in [0.2, 0.25) is 5.02 Å². The highest BCUT2D eigenvalue weighted by atomic mass is 35.5. The number of nitrogens with zero attached hydrogens (tertiary/aromatic N) is 1. The second-order valence-corrected chi connectivity index (χ2v) is 4.17. The van der Waals surface area contributed by atoms with Gasteiger partial charge in [0.25, 0.3) is 0 Å². The Hall–Kier alpha value is -1.72. The lowest BCUT2D eigenvalue weighted by molar-refractivity contribution is 0.146. The first-order valence-electron chi connectivity index (χ1n) is 5.08. The van der Waals surface area contributed by atoms with E-state index in [4.69, 9.17) is 22.6 Å². The van der Waals surface area contributed by atoms with E-state index in [0.717, 1.165) is 21.5 Å². The third-order valence-corrected chi connectivity index (χ3v) is 2.83. The minimum Gasteiger partial charge on any atom is -0.464 e. The first-order chi connectivity index (χ1) is 8.08. The molecule has 1 heterocycles. The molecule has 17 heavy (non-hydrogen) atoms. The van der Waals surface area contributed by atoms with Gasteiger partial charge in [0.15, 0.2) is 0 Å². The van der Waals surface area contributed by atoms with E-state index >= 15 is 0 Å². The fourth-order valence-electron chi connectivity index (χ4n) is 1.69. The Morgan fingerprint density at radius 3 is 3.00 bits per heavy atom. The lowest BCUT2D eigenvalue weighted by Gasteiger charge is -2.11. The number of aromatic nitrogens is 1. The predicted molar refractivity (Wildman–Crippen MR) is 65.9 cm³/mol. The number of H-pyrrole nitrogens is 1. The zero-order valence-corrected chi connectivity index (χ0v) is 9.74. The molecule has 0 aliphatic rings. The predicted octanol–water partition coefficient (Wildman–Crippen LogP) is 2.22. The smallest absolute Gasteiger partial charge is 0.421 e. The van der Waals surface area contributed by atoms with Crippen LogP contribution >= 0.6 is 11.6 Å². The Morgan fingerprint density at radius 2 is 2.29 bits per heavy atom. The highest BCUT2D eigenvalue weighted by molar-refractivity contribution is 6.31. The van der Waals surface area contributed by atoms with Crippen molar-refractivity contribution in [1.29, 1.82) is 0 Å². The molecule has 5 nitrogen and oxygen atoms in total. The largest absolute Gasteiger partial charge is 0.464 e. The van der Waals surface area contributed by atoms with Crippen LogP contribution < -0.4 is 5.84 Å². The van der Waals surface area contributed by atoms with Gasteiger partial charge in [0, 0.05) is 28.7 Å². The van der Waals surface area contributed by atoms with Gasteiger partial charge >= 0.3 is 6.09 Å². The van der Waals surface area contributed by atoms with Gasteiger partial charge in [0.2, 0.25) is 0 Å². The van der Waals surface area contributed by atoms with Crippen LogP contribution in [0.3, 0.4) is 0 Å². The molecule has 2 aromatic rings. The van der Waals surface area contributed by atoms with E-state index < -0.39 is 6.09 Å². The molecule has 0 aliphatic heterocycles. The Labute approximate surface area is 103 Å². The van der Waals surface area contributed by atoms with Gasteiger partial charge in [0.05, 0.1) is 0 Å². The number of hydrazine groups is 1. The van der Waals surface area contributed by atoms with Gasteiger partial charge in [-0.15, -0.1) is 0 Å². The van der Waals surface area contributed by atoms with Crippen molar-refractivity contribution in [1.82, 2.24) is 9.99 Å². The molecule has 0 bridgehead atoms. The average molecular weight is 254 g/mol. The van der Waals surface area contributed by atoms with Crippen LogP contribution in [-0.4, -0.2) is 27.7 Å². The number of fused-ring (bicyclic) bond motifs is 1. The van der Waals surface area contributed by atoms with Crippen molar-refractivity contribution in [2.75, 3.05) is 6.54 Å². The number of benzene rings is 1. The number of aromatic amines is 1. The SMILES string of the molecule is NN(CCc1c[nH]c2ccc(Cl)cc12)C(=O)O. The van der Waals surface area contributed by atoms with Gasteiger partial charge < -0.3 is 10.1 Å². The van der Waals surface area contributed by atoms with E-state index in [1.807, 2.05) is 18.3 Å². The van der Waals surface area contributed by atoms with Gasteiger partial charge in [-0.25, -0.2) is 15.6 Å². The molecule has 0 radical (unpaired) electrons. The molecule has 0 spiro atoms. The van der Waals surface area contributed by atoms with Crippen LogP contribution in [0.5, 0.6) is 0 Å². The van der Waals surface area contributed by atoms with Crippen LogP contribution in [0, 0.1) is 0 Å². The third-order valence-electron chi connectivity index (χ3n) is 2.60. The molecule has 4 N–H and O–H groups in total. The summed E-state index contributed by atoms with van der Waals surface area (Å²) in [6, 6.07) is 5.54. The number of halogens is 1. The monoisotopic (exact) mass is 253 g/mol. The van der Waals surface area contributed by atoms with Crippen molar-refractivity contribution in [2.45, 2.75) is 6.42 Å². The van der Waals surface area contributed by atoms with Crippen LogP contribution in [-0.2, 0) is 6.42 Å². The summed E-state index contributed by atoms with van der Waals surface area (Å²) >= 11 is 5.92. The molecule has 0 saturated heterocycles. The molecule has 1 aromatic carbocycles. The maximum atomic E-state index is 10.5. The summed E-state index contributed by atoms with van der Waals surface area (Å²) in [7, 11) is 0. The van der Waals surface area contributed by atoms with Gasteiger partial charge in [-0.2, -0.15) is 0 Å². The van der Waals surface area contributed by atoms with Crippen molar-refractivity contribution in [3.05, 3.63) is 35.0 Å². The van der Waals surface area contributed by atoms with Gasteiger partial charge in [-0.05, 0) is 30.2 Å². The topological polar surface area (TPSA) is 82.3 Å². The molecule has 2 rings (SSSR count). The second kappa shape index (κ2) is 4.65. The average Bonchev–Trinajstić information content (AvgIpc) is 2.68. The summed E-state index contributed by atoms with van der Waals surface area (Å²) < 4.78 is 0. The van der Waals surface area contributed by atoms with Crippen molar-refractivity contribution < 1.29 is 9.90 Å². The summed E-state index contributed by atoms with van der Waals surface area (Å²) in [6.45, 7) is 0.245. The molecule has 6 heteroatoms. The molecular formula is C11H12ClN3O2. The van der Waals surface area contributed by atoms with Crippen molar-refractivity contribution in [2.24, 2.45) is 5.84 Å². The minimum atomic E-state index is -1.14.